The van der Waals surface area contributed by atoms with Gasteiger partial charge in [-0.15, -0.1) is 0 Å². The lowest BCUT2D eigenvalue weighted by Crippen LogP contribution is -2.28. The lowest BCUT2D eigenvalue weighted by Gasteiger charge is -2.31. The van der Waals surface area contributed by atoms with Gasteiger partial charge in [0.1, 0.15) is 5.75 Å². The number of hydrogen-bond acceptors (Lipinski definition) is 2. The Labute approximate surface area is 107 Å². The third kappa shape index (κ3) is 2.06. The average Bonchev–Trinajstić information content (AvgIpc) is 2.42. The zero-order valence-corrected chi connectivity index (χ0v) is 10.3. The van der Waals surface area contributed by atoms with Crippen molar-refractivity contribution in [1.29, 1.82) is 0 Å². The fourth-order valence-corrected chi connectivity index (χ4v) is 2.63. The van der Waals surface area contributed by atoms with Gasteiger partial charge in [-0.2, -0.15) is 0 Å². The predicted molar refractivity (Wildman–Crippen MR) is 73.9 cm³/mol. The Bertz CT molecular complexity index is 550. The van der Waals surface area contributed by atoms with E-state index in [4.69, 9.17) is 0 Å². The Kier molecular flexibility index (Phi) is 2.93. The summed E-state index contributed by atoms with van der Waals surface area (Å²) < 4.78 is 0. The number of aromatic hydroxyl groups is 1. The molecule has 18 heavy (non-hydrogen) atoms. The number of benzene rings is 2. The van der Waals surface area contributed by atoms with Gasteiger partial charge in [-0.25, -0.2) is 0 Å². The van der Waals surface area contributed by atoms with E-state index in [2.05, 4.69) is 29.2 Å². The molecule has 1 aliphatic heterocycles. The first-order valence-electron chi connectivity index (χ1n) is 6.44. The summed E-state index contributed by atoms with van der Waals surface area (Å²) in [7, 11) is 0. The van der Waals surface area contributed by atoms with Crippen LogP contribution in [0.4, 0.5) is 5.69 Å². The molecule has 0 radical (unpaired) electrons. The van der Waals surface area contributed by atoms with Crippen LogP contribution in [0.1, 0.15) is 17.5 Å². The van der Waals surface area contributed by atoms with E-state index >= 15 is 0 Å². The summed E-state index contributed by atoms with van der Waals surface area (Å²) in [6.07, 6.45) is 2.35. The second-order valence-electron chi connectivity index (χ2n) is 4.78. The van der Waals surface area contributed by atoms with Crippen LogP contribution in [0, 0.1) is 0 Å². The van der Waals surface area contributed by atoms with Gasteiger partial charge in [0.05, 0.1) is 0 Å². The Balaban J connectivity index is 1.89. The molecule has 0 aromatic heterocycles. The van der Waals surface area contributed by atoms with Crippen molar-refractivity contribution in [2.75, 3.05) is 11.4 Å². The van der Waals surface area contributed by atoms with Crippen LogP contribution < -0.4 is 4.90 Å². The van der Waals surface area contributed by atoms with Crippen LogP contribution in [0.25, 0.3) is 0 Å². The molecule has 0 saturated carbocycles. The van der Waals surface area contributed by atoms with E-state index in [1.54, 1.807) is 6.07 Å². The lowest BCUT2D eigenvalue weighted by atomic mass is 10.0. The summed E-state index contributed by atoms with van der Waals surface area (Å²) in [6, 6.07) is 16.1. The molecule has 2 aromatic carbocycles. The molecule has 0 saturated heterocycles. The van der Waals surface area contributed by atoms with Gasteiger partial charge in [-0.05, 0) is 30.5 Å². The maximum absolute atomic E-state index is 9.86. The number of anilines is 1. The molecule has 3 rings (SSSR count). The quantitative estimate of drug-likeness (QED) is 0.868. The van der Waals surface area contributed by atoms with Crippen molar-refractivity contribution in [3.05, 3.63) is 59.7 Å². The number of fused-ring (bicyclic) bond motifs is 1. The normalized spacial score (nSPS) is 14.3. The number of rotatable bonds is 2. The topological polar surface area (TPSA) is 23.5 Å². The zero-order valence-electron chi connectivity index (χ0n) is 10.3. The maximum Gasteiger partial charge on any atom is 0.120 e. The van der Waals surface area contributed by atoms with Crippen molar-refractivity contribution in [2.45, 2.75) is 19.4 Å². The molecule has 0 fully saturated rings. The van der Waals surface area contributed by atoms with E-state index in [1.807, 2.05) is 18.2 Å². The molecule has 0 unspecified atom stereocenters. The first-order chi connectivity index (χ1) is 8.84. The number of phenolic OH excluding ortho intramolecular Hbond substituents is 1. The van der Waals surface area contributed by atoms with Crippen LogP contribution in [-0.2, 0) is 13.0 Å². The molecule has 1 heterocycles. The largest absolute Gasteiger partial charge is 0.508 e. The molecule has 0 atom stereocenters. The average molecular weight is 239 g/mol. The van der Waals surface area contributed by atoms with Crippen molar-refractivity contribution in [2.24, 2.45) is 0 Å². The fourth-order valence-electron chi connectivity index (χ4n) is 2.63. The highest BCUT2D eigenvalue weighted by Crippen LogP contribution is 2.29. The van der Waals surface area contributed by atoms with E-state index < -0.39 is 0 Å². The predicted octanol–water partition coefficient (Wildman–Crippen LogP) is 3.35. The molecule has 1 aliphatic rings. The van der Waals surface area contributed by atoms with Crippen LogP contribution in [-0.4, -0.2) is 11.7 Å². The summed E-state index contributed by atoms with van der Waals surface area (Å²) in [4.78, 5) is 2.36. The molecule has 2 heteroatoms. The van der Waals surface area contributed by atoms with Gasteiger partial charge in [0.2, 0.25) is 0 Å². The van der Waals surface area contributed by atoms with Crippen molar-refractivity contribution < 1.29 is 5.11 Å². The van der Waals surface area contributed by atoms with E-state index in [-0.39, 0.29) is 0 Å². The fraction of sp³-hybridized carbons (Fsp3) is 0.250. The highest BCUT2D eigenvalue weighted by atomic mass is 16.3. The molecular weight excluding hydrogens is 222 g/mol. The van der Waals surface area contributed by atoms with Gasteiger partial charge in [0, 0.05) is 24.3 Å². The lowest BCUT2D eigenvalue weighted by molar-refractivity contribution is 0.466. The zero-order chi connectivity index (χ0) is 12.4. The molecule has 0 bridgehead atoms. The molecule has 92 valence electrons. The summed E-state index contributed by atoms with van der Waals surface area (Å²) in [5, 5.41) is 9.86. The first kappa shape index (κ1) is 11.1. The highest BCUT2D eigenvalue weighted by molar-refractivity contribution is 5.56. The molecule has 0 aliphatic carbocycles. The van der Waals surface area contributed by atoms with Gasteiger partial charge < -0.3 is 10.0 Å². The summed E-state index contributed by atoms with van der Waals surface area (Å²) in [5.41, 5.74) is 3.72. The Morgan fingerprint density at radius 2 is 1.78 bits per heavy atom. The molecule has 2 nitrogen and oxygen atoms in total. The first-order valence-corrected chi connectivity index (χ1v) is 6.44. The molecular formula is C16H17NO. The van der Waals surface area contributed by atoms with Crippen LogP contribution in [0.15, 0.2) is 48.5 Å². The van der Waals surface area contributed by atoms with Crippen molar-refractivity contribution in [3.8, 4) is 5.75 Å². The smallest absolute Gasteiger partial charge is 0.120 e. The number of para-hydroxylation sites is 2. The SMILES string of the molecule is Oc1ccccc1CN1CCCc2ccccc21. The second-order valence-corrected chi connectivity index (χ2v) is 4.78. The van der Waals surface area contributed by atoms with E-state index in [0.717, 1.165) is 25.1 Å². The standard InChI is InChI=1S/C16H17NO/c18-16-10-4-2-7-14(16)12-17-11-5-8-13-6-1-3-9-15(13)17/h1-4,6-7,9-10,18H,5,8,11-12H2. The highest BCUT2D eigenvalue weighted by Gasteiger charge is 2.16. The Morgan fingerprint density at radius 3 is 2.67 bits per heavy atom. The molecule has 1 N–H and O–H groups in total. The number of aryl methyl sites for hydroxylation is 1. The second kappa shape index (κ2) is 4.73. The molecule has 0 spiro atoms. The van der Waals surface area contributed by atoms with Crippen LogP contribution >= 0.6 is 0 Å². The molecule has 2 aromatic rings. The minimum Gasteiger partial charge on any atom is -0.508 e. The maximum atomic E-state index is 9.86. The van der Waals surface area contributed by atoms with Gasteiger partial charge in [-0.3, -0.25) is 0 Å². The molecule has 0 amide bonds. The van der Waals surface area contributed by atoms with Crippen LogP contribution in [0.2, 0.25) is 0 Å². The monoisotopic (exact) mass is 239 g/mol. The Morgan fingerprint density at radius 1 is 1.00 bits per heavy atom. The van der Waals surface area contributed by atoms with Gasteiger partial charge in [0.25, 0.3) is 0 Å². The number of nitrogens with zero attached hydrogens (tertiary/aromatic N) is 1. The van der Waals surface area contributed by atoms with Crippen molar-refractivity contribution >= 4 is 5.69 Å². The van der Waals surface area contributed by atoms with E-state index in [9.17, 15) is 5.11 Å². The van der Waals surface area contributed by atoms with Crippen molar-refractivity contribution in [3.63, 3.8) is 0 Å². The van der Waals surface area contributed by atoms with E-state index in [1.165, 1.54) is 17.7 Å². The minimum atomic E-state index is 0.389. The Hall–Kier alpha value is -1.96. The third-order valence-corrected chi connectivity index (χ3v) is 3.56. The van der Waals surface area contributed by atoms with Crippen LogP contribution in [0.3, 0.4) is 0 Å². The van der Waals surface area contributed by atoms with Gasteiger partial charge >= 0.3 is 0 Å². The van der Waals surface area contributed by atoms with Gasteiger partial charge in [0.15, 0.2) is 0 Å². The number of phenols is 1. The number of hydrogen-bond donors (Lipinski definition) is 1. The summed E-state index contributed by atoms with van der Waals surface area (Å²) in [6.45, 7) is 1.84. The minimum absolute atomic E-state index is 0.389. The van der Waals surface area contributed by atoms with Crippen LogP contribution in [0.5, 0.6) is 5.75 Å². The van der Waals surface area contributed by atoms with E-state index in [0.29, 0.717) is 5.75 Å². The third-order valence-electron chi connectivity index (χ3n) is 3.56. The summed E-state index contributed by atoms with van der Waals surface area (Å²) in [5.74, 6) is 0.389. The summed E-state index contributed by atoms with van der Waals surface area (Å²) >= 11 is 0. The van der Waals surface area contributed by atoms with Crippen molar-refractivity contribution in [1.82, 2.24) is 0 Å². The van der Waals surface area contributed by atoms with Gasteiger partial charge in [-0.1, -0.05) is 36.4 Å².